The van der Waals surface area contributed by atoms with Gasteiger partial charge >= 0.3 is 0 Å². The Morgan fingerprint density at radius 2 is 1.62 bits per heavy atom. The van der Waals surface area contributed by atoms with Crippen LogP contribution in [0.15, 0.2) is 36.4 Å². The second-order valence-corrected chi connectivity index (χ2v) is 4.55. The van der Waals surface area contributed by atoms with Crippen molar-refractivity contribution in [3.05, 3.63) is 65.0 Å². The summed E-state index contributed by atoms with van der Waals surface area (Å²) in [6.07, 6.45) is 0.137. The molecule has 0 spiro atoms. The van der Waals surface area contributed by atoms with Crippen LogP contribution in [0.25, 0.3) is 0 Å². The summed E-state index contributed by atoms with van der Waals surface area (Å²) in [5.41, 5.74) is 6.52. The van der Waals surface area contributed by atoms with Gasteiger partial charge in [0, 0.05) is 23.9 Å². The maximum atomic E-state index is 13.4. The van der Waals surface area contributed by atoms with Gasteiger partial charge in [0.15, 0.2) is 11.6 Å². The van der Waals surface area contributed by atoms with E-state index < -0.39 is 23.4 Å². The number of anilines is 1. The third-order valence-electron chi connectivity index (χ3n) is 2.90. The summed E-state index contributed by atoms with van der Waals surface area (Å²) in [5, 5.41) is 2.88. The first-order valence-corrected chi connectivity index (χ1v) is 6.20. The third-order valence-corrected chi connectivity index (χ3v) is 2.90. The molecule has 3 nitrogen and oxygen atoms in total. The van der Waals surface area contributed by atoms with E-state index in [1.165, 1.54) is 0 Å². The SMILES string of the molecule is NC(=O)Cc1ccc(NCc2cc(F)c(F)cc2F)cc1. The van der Waals surface area contributed by atoms with Gasteiger partial charge in [0.1, 0.15) is 5.82 Å². The van der Waals surface area contributed by atoms with Gasteiger partial charge in [0.2, 0.25) is 5.91 Å². The van der Waals surface area contributed by atoms with Crippen LogP contribution >= 0.6 is 0 Å². The predicted octanol–water partition coefficient (Wildman–Crippen LogP) is 2.74. The lowest BCUT2D eigenvalue weighted by molar-refractivity contribution is -0.117. The van der Waals surface area contributed by atoms with Crippen molar-refractivity contribution in [3.8, 4) is 0 Å². The van der Waals surface area contributed by atoms with Gasteiger partial charge in [-0.1, -0.05) is 12.1 Å². The van der Waals surface area contributed by atoms with E-state index in [0.29, 0.717) is 11.8 Å². The van der Waals surface area contributed by atoms with Crippen LogP contribution in [0.5, 0.6) is 0 Å². The van der Waals surface area contributed by atoms with Crippen LogP contribution < -0.4 is 11.1 Å². The van der Waals surface area contributed by atoms with Crippen molar-refractivity contribution in [2.75, 3.05) is 5.32 Å². The minimum Gasteiger partial charge on any atom is -0.381 e. The third kappa shape index (κ3) is 3.98. The molecule has 2 aromatic rings. The maximum absolute atomic E-state index is 13.4. The number of benzene rings is 2. The first kappa shape index (κ1) is 14.9. The molecule has 0 aliphatic carbocycles. The lowest BCUT2D eigenvalue weighted by Crippen LogP contribution is -2.13. The van der Waals surface area contributed by atoms with Crippen molar-refractivity contribution in [2.24, 2.45) is 5.73 Å². The van der Waals surface area contributed by atoms with Crippen LogP contribution in [-0.2, 0) is 17.8 Å². The number of hydrogen-bond donors (Lipinski definition) is 2. The molecule has 0 fully saturated rings. The van der Waals surface area contributed by atoms with Crippen LogP contribution in [0.2, 0.25) is 0 Å². The lowest BCUT2D eigenvalue weighted by atomic mass is 10.1. The molecule has 0 aliphatic rings. The van der Waals surface area contributed by atoms with Crippen molar-refractivity contribution >= 4 is 11.6 Å². The Balaban J connectivity index is 2.03. The molecule has 21 heavy (non-hydrogen) atoms. The van der Waals surface area contributed by atoms with E-state index >= 15 is 0 Å². The van der Waals surface area contributed by atoms with Gasteiger partial charge in [-0.15, -0.1) is 0 Å². The molecule has 2 rings (SSSR count). The molecule has 0 saturated carbocycles. The topological polar surface area (TPSA) is 55.1 Å². The molecular formula is C15H13F3N2O. The lowest BCUT2D eigenvalue weighted by Gasteiger charge is -2.08. The number of primary amides is 1. The molecule has 3 N–H and O–H groups in total. The van der Waals surface area contributed by atoms with Gasteiger partial charge in [-0.25, -0.2) is 13.2 Å². The Labute approximate surface area is 119 Å². The number of amides is 1. The Bertz CT molecular complexity index is 657. The summed E-state index contributed by atoms with van der Waals surface area (Å²) in [6, 6.07) is 8.12. The average molecular weight is 294 g/mol. The van der Waals surface area contributed by atoms with Gasteiger partial charge in [-0.05, 0) is 23.8 Å². The fourth-order valence-electron chi connectivity index (χ4n) is 1.84. The van der Waals surface area contributed by atoms with Crippen LogP contribution in [0, 0.1) is 17.5 Å². The van der Waals surface area contributed by atoms with Gasteiger partial charge in [0.25, 0.3) is 0 Å². The highest BCUT2D eigenvalue weighted by atomic mass is 19.2. The molecule has 6 heteroatoms. The number of carbonyl (C=O) groups is 1. The molecule has 1 amide bonds. The minimum atomic E-state index is -1.22. The summed E-state index contributed by atoms with van der Waals surface area (Å²) in [7, 11) is 0. The molecule has 0 atom stereocenters. The molecule has 0 saturated heterocycles. The molecule has 0 bridgehead atoms. The number of carbonyl (C=O) groups excluding carboxylic acids is 1. The summed E-state index contributed by atoms with van der Waals surface area (Å²) >= 11 is 0. The summed E-state index contributed by atoms with van der Waals surface area (Å²) in [4.78, 5) is 10.8. The maximum Gasteiger partial charge on any atom is 0.221 e. The van der Waals surface area contributed by atoms with Crippen molar-refractivity contribution < 1.29 is 18.0 Å². The highest BCUT2D eigenvalue weighted by Crippen LogP contribution is 2.16. The molecular weight excluding hydrogens is 281 g/mol. The largest absolute Gasteiger partial charge is 0.381 e. The van der Waals surface area contributed by atoms with Crippen LogP contribution in [0.4, 0.5) is 18.9 Å². The second kappa shape index (κ2) is 6.30. The van der Waals surface area contributed by atoms with E-state index in [4.69, 9.17) is 5.73 Å². The Kier molecular flexibility index (Phi) is 4.47. The van der Waals surface area contributed by atoms with E-state index in [9.17, 15) is 18.0 Å². The first-order valence-electron chi connectivity index (χ1n) is 6.20. The van der Waals surface area contributed by atoms with Crippen molar-refractivity contribution in [3.63, 3.8) is 0 Å². The predicted molar refractivity (Wildman–Crippen MR) is 73.0 cm³/mol. The fraction of sp³-hybridized carbons (Fsp3) is 0.133. The number of hydrogen-bond acceptors (Lipinski definition) is 2. The Hall–Kier alpha value is -2.50. The molecule has 2 aromatic carbocycles. The number of nitrogens with two attached hydrogens (primary N) is 1. The normalized spacial score (nSPS) is 10.4. The fourth-order valence-corrected chi connectivity index (χ4v) is 1.84. The van der Waals surface area contributed by atoms with Gasteiger partial charge in [-0.3, -0.25) is 4.79 Å². The Morgan fingerprint density at radius 1 is 1.00 bits per heavy atom. The highest BCUT2D eigenvalue weighted by molar-refractivity contribution is 5.76. The standard InChI is InChI=1S/C15H13F3N2O/c16-12-7-14(18)13(17)6-10(12)8-20-11-3-1-9(2-4-11)5-15(19)21/h1-4,6-7,20H,5,8H2,(H2,19,21). The van der Waals surface area contributed by atoms with Gasteiger partial charge in [0.05, 0.1) is 6.42 Å². The zero-order valence-electron chi connectivity index (χ0n) is 11.0. The molecule has 0 unspecified atom stereocenters. The number of nitrogens with one attached hydrogen (secondary N) is 1. The molecule has 0 radical (unpaired) electrons. The second-order valence-electron chi connectivity index (χ2n) is 4.55. The monoisotopic (exact) mass is 294 g/mol. The van der Waals surface area contributed by atoms with Gasteiger partial charge < -0.3 is 11.1 Å². The van der Waals surface area contributed by atoms with Crippen LogP contribution in [-0.4, -0.2) is 5.91 Å². The highest BCUT2D eigenvalue weighted by Gasteiger charge is 2.09. The Morgan fingerprint density at radius 3 is 2.24 bits per heavy atom. The number of rotatable bonds is 5. The summed E-state index contributed by atoms with van der Waals surface area (Å²) in [5.74, 6) is -3.55. The van der Waals surface area contributed by atoms with E-state index in [1.807, 2.05) is 0 Å². The molecule has 110 valence electrons. The van der Waals surface area contributed by atoms with Crippen molar-refractivity contribution in [1.82, 2.24) is 0 Å². The summed E-state index contributed by atoms with van der Waals surface area (Å²) < 4.78 is 39.3. The molecule has 0 heterocycles. The average Bonchev–Trinajstić information content (AvgIpc) is 2.42. The minimum absolute atomic E-state index is 0.0121. The molecule has 0 aromatic heterocycles. The first-order chi connectivity index (χ1) is 9.95. The van der Waals surface area contributed by atoms with Crippen LogP contribution in [0.1, 0.15) is 11.1 Å². The smallest absolute Gasteiger partial charge is 0.221 e. The van der Waals surface area contributed by atoms with Crippen molar-refractivity contribution in [1.29, 1.82) is 0 Å². The van der Waals surface area contributed by atoms with E-state index in [-0.39, 0.29) is 18.5 Å². The summed E-state index contributed by atoms with van der Waals surface area (Å²) in [6.45, 7) is 0.0121. The van der Waals surface area contributed by atoms with Gasteiger partial charge in [-0.2, -0.15) is 0 Å². The van der Waals surface area contributed by atoms with E-state index in [0.717, 1.165) is 11.6 Å². The zero-order valence-corrected chi connectivity index (χ0v) is 11.0. The van der Waals surface area contributed by atoms with E-state index in [1.54, 1.807) is 24.3 Å². The van der Waals surface area contributed by atoms with E-state index in [2.05, 4.69) is 5.32 Å². The quantitative estimate of drug-likeness (QED) is 0.833. The molecule has 0 aliphatic heterocycles. The number of halogens is 3. The van der Waals surface area contributed by atoms with Crippen molar-refractivity contribution in [2.45, 2.75) is 13.0 Å². The van der Waals surface area contributed by atoms with Crippen LogP contribution in [0.3, 0.4) is 0 Å². The zero-order chi connectivity index (χ0) is 15.4.